The number of carbonyl (C=O) groups excluding carboxylic acids is 3. The molecule has 1 N–H and O–H groups in total. The summed E-state index contributed by atoms with van der Waals surface area (Å²) in [4.78, 5) is 45.9. The molecule has 0 radical (unpaired) electrons. The topological polar surface area (TPSA) is 84.9 Å². The average Bonchev–Trinajstić information content (AvgIpc) is 3.13. The fraction of sp³-hybridized carbons (Fsp3) is 0.244. The van der Waals surface area contributed by atoms with Gasteiger partial charge in [-0.15, -0.1) is 0 Å². The largest absolute Gasteiger partial charge is 0.457 e. The number of β-lactam (4-membered cyclic amide) rings is 1. The molecule has 1 amide bonds. The van der Waals surface area contributed by atoms with E-state index in [0.717, 1.165) is 21.5 Å². The molecule has 5 rings (SSSR count). The molecule has 51 heavy (non-hydrogen) atoms. The molecule has 0 aliphatic carbocycles. The number of ketones is 1. The molecule has 1 aliphatic rings. The SMILES string of the molecule is C=CCOC(=O)C(N1C(=O)C(C(C)O[Si](C)(C)C)C1CC(=O)c1ccc(C(=S)NC)cc1)=P(c1ccccc1)(c1ccccc1)c1ccccc1. The van der Waals surface area contributed by atoms with Crippen LogP contribution in [0.4, 0.5) is 0 Å². The van der Waals surface area contributed by atoms with Crippen molar-refractivity contribution in [3.05, 3.63) is 139 Å². The minimum atomic E-state index is -3.14. The van der Waals surface area contributed by atoms with Gasteiger partial charge in [0.25, 0.3) is 0 Å². The summed E-state index contributed by atoms with van der Waals surface area (Å²) in [5.74, 6) is -1.73. The maximum absolute atomic E-state index is 14.8. The number of hydrogen-bond donors (Lipinski definition) is 1. The van der Waals surface area contributed by atoms with E-state index in [9.17, 15) is 14.4 Å². The quantitative estimate of drug-likeness (QED) is 0.0320. The normalized spacial score (nSPS) is 16.4. The van der Waals surface area contributed by atoms with Crippen LogP contribution in [-0.2, 0) is 18.8 Å². The third-order valence-corrected chi connectivity index (χ3v) is 14.7. The Morgan fingerprint density at radius 2 is 1.33 bits per heavy atom. The van der Waals surface area contributed by atoms with Crippen LogP contribution < -0.4 is 21.2 Å². The van der Waals surface area contributed by atoms with E-state index >= 15 is 0 Å². The Labute approximate surface area is 307 Å². The number of Topliss-reactive ketones (excluding diaryl/α,β-unsaturated/α-hetero) is 1. The smallest absolute Gasteiger partial charge is 0.356 e. The van der Waals surface area contributed by atoms with Gasteiger partial charge in [-0.25, -0.2) is 4.79 Å². The molecule has 0 bridgehead atoms. The Kier molecular flexibility index (Phi) is 12.1. The third kappa shape index (κ3) is 7.92. The summed E-state index contributed by atoms with van der Waals surface area (Å²) >= 11 is 5.38. The van der Waals surface area contributed by atoms with Crippen LogP contribution in [0.2, 0.25) is 19.6 Å². The maximum Gasteiger partial charge on any atom is 0.356 e. The zero-order valence-electron chi connectivity index (χ0n) is 29.7. The summed E-state index contributed by atoms with van der Waals surface area (Å²) in [6, 6.07) is 35.9. The van der Waals surface area contributed by atoms with Crippen LogP contribution in [0.3, 0.4) is 0 Å². The number of esters is 1. The van der Waals surface area contributed by atoms with Gasteiger partial charge in [0.2, 0.25) is 5.91 Å². The summed E-state index contributed by atoms with van der Waals surface area (Å²) in [5.41, 5.74) is 1.51. The van der Waals surface area contributed by atoms with Gasteiger partial charge in [-0.2, -0.15) is 0 Å². The number of rotatable bonds is 14. The number of amides is 1. The van der Waals surface area contributed by atoms with E-state index in [-0.39, 0.29) is 30.1 Å². The average molecular weight is 737 g/mol. The van der Waals surface area contributed by atoms with E-state index in [0.29, 0.717) is 10.6 Å². The van der Waals surface area contributed by atoms with Crippen molar-refractivity contribution >= 4 is 71.4 Å². The van der Waals surface area contributed by atoms with Gasteiger partial charge in [0.1, 0.15) is 17.0 Å². The van der Waals surface area contributed by atoms with Crippen molar-refractivity contribution in [3.8, 4) is 0 Å². The number of hydrogen-bond acceptors (Lipinski definition) is 6. The lowest BCUT2D eigenvalue weighted by molar-refractivity contribution is -0.156. The van der Waals surface area contributed by atoms with Gasteiger partial charge in [-0.3, -0.25) is 9.59 Å². The maximum atomic E-state index is 14.8. The van der Waals surface area contributed by atoms with Gasteiger partial charge in [0.15, 0.2) is 14.1 Å². The number of likely N-dealkylation sites (tertiary alicyclic amines) is 1. The highest BCUT2D eigenvalue weighted by Gasteiger charge is 2.56. The zero-order valence-corrected chi connectivity index (χ0v) is 32.5. The first kappa shape index (κ1) is 37.8. The molecule has 0 aromatic heterocycles. The molecule has 4 aromatic rings. The molecule has 1 heterocycles. The number of benzene rings is 4. The molecule has 0 saturated carbocycles. The van der Waals surface area contributed by atoms with Crippen molar-refractivity contribution < 1.29 is 23.5 Å². The first-order chi connectivity index (χ1) is 24.4. The molecule has 1 saturated heterocycles. The molecule has 3 atom stereocenters. The zero-order chi connectivity index (χ0) is 36.8. The predicted octanol–water partition coefficient (Wildman–Crippen LogP) is 6.07. The molecule has 3 unspecified atom stereocenters. The van der Waals surface area contributed by atoms with Gasteiger partial charge >= 0.3 is 5.97 Å². The summed E-state index contributed by atoms with van der Waals surface area (Å²) in [6.07, 6.45) is 0.998. The summed E-state index contributed by atoms with van der Waals surface area (Å²) in [5, 5.41) is 5.58. The molecule has 10 heteroatoms. The van der Waals surface area contributed by atoms with Crippen LogP contribution in [0.25, 0.3) is 0 Å². The van der Waals surface area contributed by atoms with Crippen LogP contribution in [0, 0.1) is 5.92 Å². The summed E-state index contributed by atoms with van der Waals surface area (Å²) in [7, 11) is -0.354. The number of nitrogens with zero attached hydrogens (tertiary/aromatic N) is 1. The van der Waals surface area contributed by atoms with Crippen LogP contribution in [0.15, 0.2) is 128 Å². The predicted molar refractivity (Wildman–Crippen MR) is 215 cm³/mol. The van der Waals surface area contributed by atoms with Crippen LogP contribution in [0.1, 0.15) is 29.3 Å². The number of ether oxygens (including phenoxy) is 1. The van der Waals surface area contributed by atoms with Crippen molar-refractivity contribution in [2.45, 2.75) is 45.1 Å². The Balaban J connectivity index is 1.81. The van der Waals surface area contributed by atoms with Crippen LogP contribution in [-0.4, -0.2) is 67.1 Å². The van der Waals surface area contributed by atoms with E-state index < -0.39 is 39.2 Å². The number of nitrogens with one attached hydrogen (secondary N) is 1. The molecule has 1 fully saturated rings. The van der Waals surface area contributed by atoms with Gasteiger partial charge < -0.3 is 19.4 Å². The first-order valence-electron chi connectivity index (χ1n) is 17.0. The lowest BCUT2D eigenvalue weighted by Gasteiger charge is -2.52. The van der Waals surface area contributed by atoms with Gasteiger partial charge in [-0.05, 0) is 42.5 Å². The van der Waals surface area contributed by atoms with Crippen molar-refractivity contribution in [2.24, 2.45) is 5.92 Å². The second kappa shape index (κ2) is 16.3. The minimum Gasteiger partial charge on any atom is -0.457 e. The molecule has 0 spiro atoms. The number of carbonyl (C=O) groups is 3. The van der Waals surface area contributed by atoms with Crippen molar-refractivity contribution in [3.63, 3.8) is 0 Å². The standard InChI is InChI=1S/C41H45N2O5PSSi/c1-7-27-47-41(46)40(49(32-17-11-8-12-18-32,33-19-13-9-14-20-33)34-21-15-10-16-22-34)43-35(37(39(43)45)29(2)48-51(4,5)6)28-36(44)30-23-25-31(26-24-30)38(50)42-3/h7-26,29,35,37H,1,27-28H2,2-6H3,(H,42,50). The molecule has 4 aromatic carbocycles. The summed E-state index contributed by atoms with van der Waals surface area (Å²) < 4.78 is 12.4. The lowest BCUT2D eigenvalue weighted by Crippen LogP contribution is -2.69. The van der Waals surface area contributed by atoms with E-state index in [1.165, 1.54) is 6.08 Å². The molecule has 7 nitrogen and oxygen atoms in total. The monoisotopic (exact) mass is 736 g/mol. The fourth-order valence-electron chi connectivity index (χ4n) is 6.82. The second-order valence-electron chi connectivity index (χ2n) is 13.4. The molecule has 1 aliphatic heterocycles. The number of thiocarbonyl (C=S) groups is 1. The highest BCUT2D eigenvalue weighted by molar-refractivity contribution is 7.96. The van der Waals surface area contributed by atoms with Gasteiger partial charge in [0.05, 0.1) is 18.1 Å². The van der Waals surface area contributed by atoms with Gasteiger partial charge in [-0.1, -0.05) is 140 Å². The van der Waals surface area contributed by atoms with Crippen molar-refractivity contribution in [1.82, 2.24) is 10.2 Å². The van der Waals surface area contributed by atoms with Crippen LogP contribution in [0.5, 0.6) is 0 Å². The fourth-order valence-corrected chi connectivity index (χ4v) is 12.6. The Morgan fingerprint density at radius 1 is 0.863 bits per heavy atom. The Morgan fingerprint density at radius 3 is 1.76 bits per heavy atom. The van der Waals surface area contributed by atoms with E-state index in [1.54, 1.807) is 24.1 Å². The van der Waals surface area contributed by atoms with Crippen molar-refractivity contribution in [1.29, 1.82) is 0 Å². The Hall–Kier alpha value is -4.40. The van der Waals surface area contributed by atoms with E-state index in [1.807, 2.05) is 110 Å². The van der Waals surface area contributed by atoms with Crippen molar-refractivity contribution in [2.75, 3.05) is 13.7 Å². The van der Waals surface area contributed by atoms with Gasteiger partial charge in [0, 0.05) is 31.5 Å². The molecule has 264 valence electrons. The third-order valence-electron chi connectivity index (χ3n) is 8.90. The minimum absolute atomic E-state index is 0.0256. The second-order valence-corrected chi connectivity index (χ2v) is 21.6. The van der Waals surface area contributed by atoms with Crippen LogP contribution >= 0.6 is 19.1 Å². The summed E-state index contributed by atoms with van der Waals surface area (Å²) in [6.45, 7) is 8.70. The molecular weight excluding hydrogens is 692 g/mol. The lowest BCUT2D eigenvalue weighted by atomic mass is 9.79. The highest BCUT2D eigenvalue weighted by atomic mass is 32.1. The highest BCUT2D eigenvalue weighted by Crippen LogP contribution is 2.50. The first-order valence-corrected chi connectivity index (χ1v) is 22.6. The molecular formula is C41H45N2O5PSSi. The Bertz CT molecular complexity index is 1840. The van der Waals surface area contributed by atoms with E-state index in [2.05, 4.69) is 31.5 Å². The van der Waals surface area contributed by atoms with E-state index in [4.69, 9.17) is 21.4 Å².